The Bertz CT molecular complexity index is 809. The van der Waals surface area contributed by atoms with Gasteiger partial charge in [0.25, 0.3) is 0 Å². The molecular formula is C20H23BrO10. The van der Waals surface area contributed by atoms with E-state index in [1.807, 2.05) is 0 Å². The van der Waals surface area contributed by atoms with Crippen molar-refractivity contribution in [3.05, 3.63) is 28.7 Å². The number of halogens is 1. The van der Waals surface area contributed by atoms with Crippen LogP contribution in [0.4, 0.5) is 0 Å². The molecule has 1 aromatic rings. The van der Waals surface area contributed by atoms with Gasteiger partial charge in [0.15, 0.2) is 12.2 Å². The lowest BCUT2D eigenvalue weighted by Gasteiger charge is -2.43. The topological polar surface area (TPSA) is 124 Å². The Hall–Kier alpha value is -2.66. The lowest BCUT2D eigenvalue weighted by atomic mass is 9.98. The Morgan fingerprint density at radius 3 is 1.84 bits per heavy atom. The number of ether oxygens (including phenoxy) is 6. The zero-order valence-electron chi connectivity index (χ0n) is 17.4. The van der Waals surface area contributed by atoms with Crippen molar-refractivity contribution in [1.82, 2.24) is 0 Å². The van der Waals surface area contributed by atoms with E-state index in [1.165, 1.54) is 6.92 Å². The van der Waals surface area contributed by atoms with Crippen molar-refractivity contribution in [2.75, 3.05) is 6.61 Å². The van der Waals surface area contributed by atoms with Gasteiger partial charge in [-0.25, -0.2) is 0 Å². The molecule has 1 aromatic carbocycles. The highest BCUT2D eigenvalue weighted by atomic mass is 79.9. The highest BCUT2D eigenvalue weighted by molar-refractivity contribution is 9.10. The molecule has 0 N–H and O–H groups in total. The Labute approximate surface area is 187 Å². The summed E-state index contributed by atoms with van der Waals surface area (Å²) in [6, 6.07) is 6.72. The molecule has 0 aromatic heterocycles. The van der Waals surface area contributed by atoms with E-state index >= 15 is 0 Å². The highest BCUT2D eigenvalue weighted by Gasteiger charge is 2.53. The monoisotopic (exact) mass is 502 g/mol. The van der Waals surface area contributed by atoms with Crippen molar-refractivity contribution in [1.29, 1.82) is 0 Å². The van der Waals surface area contributed by atoms with E-state index in [-0.39, 0.29) is 6.61 Å². The largest absolute Gasteiger partial charge is 0.463 e. The number of esters is 4. The van der Waals surface area contributed by atoms with Crippen LogP contribution in [-0.2, 0) is 42.9 Å². The third-order valence-corrected chi connectivity index (χ3v) is 4.54. The molecule has 0 bridgehead atoms. The third-order valence-electron chi connectivity index (χ3n) is 4.01. The maximum absolute atomic E-state index is 11.8. The summed E-state index contributed by atoms with van der Waals surface area (Å²) in [5.74, 6) is -2.34. The Balaban J connectivity index is 2.43. The zero-order chi connectivity index (χ0) is 23.1. The van der Waals surface area contributed by atoms with Crippen molar-refractivity contribution < 1.29 is 47.6 Å². The summed E-state index contributed by atoms with van der Waals surface area (Å²) in [6.07, 6.45) is -6.11. The summed E-state index contributed by atoms with van der Waals surface area (Å²) in [7, 11) is 0. The molecule has 11 heteroatoms. The summed E-state index contributed by atoms with van der Waals surface area (Å²) in [6.45, 7) is 4.34. The van der Waals surface area contributed by atoms with Crippen molar-refractivity contribution in [2.24, 2.45) is 0 Å². The predicted octanol–water partition coefficient (Wildman–Crippen LogP) is 1.91. The summed E-state index contributed by atoms with van der Waals surface area (Å²) in [5.41, 5.74) is 0. The summed E-state index contributed by atoms with van der Waals surface area (Å²) in [4.78, 5) is 46.5. The molecule has 2 rings (SSSR count). The molecule has 0 spiro atoms. The van der Waals surface area contributed by atoms with Crippen molar-refractivity contribution in [3.8, 4) is 5.75 Å². The van der Waals surface area contributed by atoms with Crippen LogP contribution in [0, 0.1) is 0 Å². The van der Waals surface area contributed by atoms with E-state index in [4.69, 9.17) is 28.4 Å². The average Bonchev–Trinajstić information content (AvgIpc) is 2.65. The van der Waals surface area contributed by atoms with Crippen LogP contribution in [-0.4, -0.2) is 61.2 Å². The fourth-order valence-corrected chi connectivity index (χ4v) is 3.20. The first-order valence-corrected chi connectivity index (χ1v) is 10.1. The molecule has 1 aliphatic rings. The van der Waals surface area contributed by atoms with E-state index in [0.29, 0.717) is 5.75 Å². The second-order valence-corrected chi connectivity index (χ2v) is 7.56. The fraction of sp³-hybridized carbons (Fsp3) is 0.500. The van der Waals surface area contributed by atoms with E-state index in [1.54, 1.807) is 24.3 Å². The zero-order valence-corrected chi connectivity index (χ0v) is 18.9. The van der Waals surface area contributed by atoms with E-state index < -0.39 is 54.6 Å². The molecule has 0 aliphatic carbocycles. The Kier molecular flexibility index (Phi) is 8.81. The van der Waals surface area contributed by atoms with Gasteiger partial charge in [-0.2, -0.15) is 0 Å². The second kappa shape index (κ2) is 11.1. The molecule has 0 amide bonds. The number of rotatable bonds is 7. The van der Waals surface area contributed by atoms with Crippen molar-refractivity contribution >= 4 is 39.8 Å². The van der Waals surface area contributed by atoms with E-state index in [0.717, 1.165) is 25.2 Å². The first kappa shape index (κ1) is 24.6. The van der Waals surface area contributed by atoms with Crippen LogP contribution < -0.4 is 4.74 Å². The first-order valence-electron chi connectivity index (χ1n) is 9.29. The summed E-state index contributed by atoms with van der Waals surface area (Å²) in [5, 5.41) is 0. The van der Waals surface area contributed by atoms with E-state index in [2.05, 4.69) is 15.9 Å². The number of carbonyl (C=O) groups is 4. The van der Waals surface area contributed by atoms with Crippen LogP contribution >= 0.6 is 15.9 Å². The van der Waals surface area contributed by atoms with Crippen molar-refractivity contribution in [3.63, 3.8) is 0 Å². The van der Waals surface area contributed by atoms with Crippen LogP contribution in [0.5, 0.6) is 5.75 Å². The minimum Gasteiger partial charge on any atom is -0.463 e. The molecule has 1 fully saturated rings. The quantitative estimate of drug-likeness (QED) is 0.403. The number of carbonyl (C=O) groups excluding carboxylic acids is 4. The first-order chi connectivity index (χ1) is 14.6. The van der Waals surface area contributed by atoms with Gasteiger partial charge in [0, 0.05) is 32.2 Å². The van der Waals surface area contributed by atoms with Gasteiger partial charge in [0.2, 0.25) is 12.4 Å². The Morgan fingerprint density at radius 2 is 1.32 bits per heavy atom. The molecule has 1 saturated heterocycles. The van der Waals surface area contributed by atoms with Crippen LogP contribution in [0.3, 0.4) is 0 Å². The molecule has 31 heavy (non-hydrogen) atoms. The highest BCUT2D eigenvalue weighted by Crippen LogP contribution is 2.31. The predicted molar refractivity (Wildman–Crippen MR) is 107 cm³/mol. The molecule has 0 radical (unpaired) electrons. The number of benzene rings is 1. The molecular weight excluding hydrogens is 480 g/mol. The molecule has 0 saturated carbocycles. The average molecular weight is 503 g/mol. The molecule has 1 aliphatic heterocycles. The van der Waals surface area contributed by atoms with Gasteiger partial charge in [-0.05, 0) is 24.3 Å². The van der Waals surface area contributed by atoms with Gasteiger partial charge in [-0.1, -0.05) is 15.9 Å². The lowest BCUT2D eigenvalue weighted by molar-refractivity contribution is -0.288. The molecule has 0 unspecified atom stereocenters. The standard InChI is InChI=1S/C20H23BrO10/c1-10(22)26-9-16-17(27-11(2)23)18(28-12(3)24)19(29-13(4)25)20(31-16)30-15-7-5-14(21)6-8-15/h5-8,16-20H,9H2,1-4H3/t16-,17-,18+,19-,20+/m1/s1. The molecule has 10 nitrogen and oxygen atoms in total. The van der Waals surface area contributed by atoms with Gasteiger partial charge in [-0.15, -0.1) is 0 Å². The number of hydrogen-bond donors (Lipinski definition) is 0. The maximum atomic E-state index is 11.8. The minimum absolute atomic E-state index is 0.321. The molecule has 5 atom stereocenters. The normalized spacial score (nSPS) is 25.1. The third kappa shape index (κ3) is 7.51. The van der Waals surface area contributed by atoms with Gasteiger partial charge in [-0.3, -0.25) is 19.2 Å². The van der Waals surface area contributed by atoms with E-state index in [9.17, 15) is 19.2 Å². The van der Waals surface area contributed by atoms with Crippen molar-refractivity contribution in [2.45, 2.75) is 58.4 Å². The molecule has 170 valence electrons. The van der Waals surface area contributed by atoms with Gasteiger partial charge in [0.05, 0.1) is 0 Å². The summed E-state index contributed by atoms with van der Waals surface area (Å²) >= 11 is 3.32. The number of hydrogen-bond acceptors (Lipinski definition) is 10. The maximum Gasteiger partial charge on any atom is 0.303 e. The lowest BCUT2D eigenvalue weighted by Crippen LogP contribution is -2.63. The SMILES string of the molecule is CC(=O)OC[C@H]1O[C@H](Oc2ccc(Br)cc2)[C@H](OC(C)=O)[C@@H](OC(C)=O)[C@@H]1OC(C)=O. The minimum atomic E-state index is -1.28. The van der Waals surface area contributed by atoms with Crippen LogP contribution in [0.1, 0.15) is 27.7 Å². The van der Waals surface area contributed by atoms with Gasteiger partial charge in [0.1, 0.15) is 18.5 Å². The Morgan fingerprint density at radius 1 is 0.806 bits per heavy atom. The van der Waals surface area contributed by atoms with Gasteiger partial charge >= 0.3 is 23.9 Å². The van der Waals surface area contributed by atoms with Gasteiger partial charge < -0.3 is 28.4 Å². The van der Waals surface area contributed by atoms with Crippen LogP contribution in [0.2, 0.25) is 0 Å². The molecule has 1 heterocycles. The summed E-state index contributed by atoms with van der Waals surface area (Å²) < 4.78 is 33.5. The second-order valence-electron chi connectivity index (χ2n) is 6.64. The van der Waals surface area contributed by atoms with Crippen LogP contribution in [0.25, 0.3) is 0 Å². The fourth-order valence-electron chi connectivity index (χ4n) is 2.93. The smallest absolute Gasteiger partial charge is 0.303 e. The van der Waals surface area contributed by atoms with Crippen LogP contribution in [0.15, 0.2) is 28.7 Å².